The van der Waals surface area contributed by atoms with Gasteiger partial charge in [0.15, 0.2) is 5.84 Å². The van der Waals surface area contributed by atoms with Crippen molar-refractivity contribution in [2.24, 2.45) is 10.9 Å². The van der Waals surface area contributed by atoms with E-state index in [4.69, 9.17) is 10.9 Å². The Bertz CT molecular complexity index is 636. The van der Waals surface area contributed by atoms with Crippen LogP contribution in [0.2, 0.25) is 0 Å². The Morgan fingerprint density at radius 3 is 2.84 bits per heavy atom. The molecule has 0 saturated heterocycles. The van der Waals surface area contributed by atoms with Crippen molar-refractivity contribution in [3.8, 4) is 0 Å². The minimum atomic E-state index is -0.266. The number of aryl methyl sites for hydroxylation is 1. The van der Waals surface area contributed by atoms with Crippen LogP contribution in [0.15, 0.2) is 34.9 Å². The van der Waals surface area contributed by atoms with Crippen LogP contribution in [0.1, 0.15) is 20.9 Å². The zero-order valence-corrected chi connectivity index (χ0v) is 10.9. The number of carbonyl (C=O) groups excluding carboxylic acids is 1. The average molecular weight is 276 g/mol. The van der Waals surface area contributed by atoms with Gasteiger partial charge in [-0.15, -0.1) is 11.3 Å². The SMILES string of the molecule is Cc1ncsc1C(=O)Nc1ccccc1/C(N)=N/O. The van der Waals surface area contributed by atoms with Gasteiger partial charge in [-0.2, -0.15) is 0 Å². The van der Waals surface area contributed by atoms with Crippen molar-refractivity contribution < 1.29 is 10.0 Å². The van der Waals surface area contributed by atoms with E-state index < -0.39 is 0 Å². The van der Waals surface area contributed by atoms with E-state index in [-0.39, 0.29) is 11.7 Å². The summed E-state index contributed by atoms with van der Waals surface area (Å²) >= 11 is 1.26. The molecule has 0 saturated carbocycles. The predicted octanol–water partition coefficient (Wildman–Crippen LogP) is 1.80. The number of anilines is 1. The largest absolute Gasteiger partial charge is 0.409 e. The zero-order chi connectivity index (χ0) is 13.8. The number of benzene rings is 1. The molecule has 4 N–H and O–H groups in total. The molecule has 1 aromatic carbocycles. The van der Waals surface area contributed by atoms with Crippen LogP contribution in [0.4, 0.5) is 5.69 Å². The Labute approximate surface area is 113 Å². The van der Waals surface area contributed by atoms with E-state index in [0.29, 0.717) is 21.8 Å². The number of nitrogens with one attached hydrogen (secondary N) is 1. The van der Waals surface area contributed by atoms with E-state index in [1.807, 2.05) is 0 Å². The first-order valence-electron chi connectivity index (χ1n) is 5.42. The quantitative estimate of drug-likeness (QED) is 0.344. The van der Waals surface area contributed by atoms with Crippen molar-refractivity contribution in [1.82, 2.24) is 4.98 Å². The van der Waals surface area contributed by atoms with Crippen LogP contribution < -0.4 is 11.1 Å². The molecule has 1 heterocycles. The van der Waals surface area contributed by atoms with E-state index in [2.05, 4.69) is 15.5 Å². The van der Waals surface area contributed by atoms with Gasteiger partial charge >= 0.3 is 0 Å². The standard InChI is InChI=1S/C12H12N4O2S/c1-7-10(19-6-14-7)12(17)15-9-5-3-2-4-8(9)11(13)16-18/h2-6,18H,1H3,(H2,13,16)(H,15,17). The van der Waals surface area contributed by atoms with Crippen LogP contribution >= 0.6 is 11.3 Å². The van der Waals surface area contributed by atoms with E-state index in [9.17, 15) is 4.79 Å². The summed E-state index contributed by atoms with van der Waals surface area (Å²) in [6, 6.07) is 6.83. The minimum Gasteiger partial charge on any atom is -0.409 e. The average Bonchev–Trinajstić information content (AvgIpc) is 2.85. The molecule has 2 aromatic rings. The van der Waals surface area contributed by atoms with Gasteiger partial charge < -0.3 is 16.3 Å². The second-order valence-electron chi connectivity index (χ2n) is 3.75. The highest BCUT2D eigenvalue weighted by molar-refractivity contribution is 7.12. The molecule has 0 spiro atoms. The molecule has 7 heteroatoms. The Balaban J connectivity index is 2.30. The fourth-order valence-corrected chi connectivity index (χ4v) is 2.27. The topological polar surface area (TPSA) is 101 Å². The van der Waals surface area contributed by atoms with Crippen molar-refractivity contribution in [3.63, 3.8) is 0 Å². The highest BCUT2D eigenvalue weighted by atomic mass is 32.1. The molecule has 2 rings (SSSR count). The first-order chi connectivity index (χ1) is 9.13. The van der Waals surface area contributed by atoms with Gasteiger partial charge in [-0.1, -0.05) is 17.3 Å². The number of nitrogens with two attached hydrogens (primary N) is 1. The van der Waals surface area contributed by atoms with Crippen LogP contribution in [0.5, 0.6) is 0 Å². The molecule has 98 valence electrons. The predicted molar refractivity (Wildman–Crippen MR) is 73.8 cm³/mol. The van der Waals surface area contributed by atoms with Crippen molar-refractivity contribution in [2.45, 2.75) is 6.92 Å². The summed E-state index contributed by atoms with van der Waals surface area (Å²) in [5.74, 6) is -0.324. The third kappa shape index (κ3) is 2.71. The lowest BCUT2D eigenvalue weighted by molar-refractivity contribution is 0.103. The van der Waals surface area contributed by atoms with Crippen LogP contribution in [0.3, 0.4) is 0 Å². The van der Waals surface area contributed by atoms with Gasteiger partial charge in [0.05, 0.1) is 16.9 Å². The Kier molecular flexibility index (Phi) is 3.76. The van der Waals surface area contributed by atoms with Gasteiger partial charge in [0.1, 0.15) is 4.88 Å². The second kappa shape index (κ2) is 5.49. The first-order valence-corrected chi connectivity index (χ1v) is 6.30. The van der Waals surface area contributed by atoms with E-state index in [1.165, 1.54) is 11.3 Å². The fraction of sp³-hybridized carbons (Fsp3) is 0.0833. The number of nitrogens with zero attached hydrogens (tertiary/aromatic N) is 2. The summed E-state index contributed by atoms with van der Waals surface area (Å²) in [6.07, 6.45) is 0. The molecule has 6 nitrogen and oxygen atoms in total. The Morgan fingerprint density at radius 1 is 1.47 bits per heavy atom. The lowest BCUT2D eigenvalue weighted by Crippen LogP contribution is -2.19. The molecule has 1 amide bonds. The van der Waals surface area contributed by atoms with Gasteiger partial charge in [0.25, 0.3) is 5.91 Å². The molecule has 0 unspecified atom stereocenters. The monoisotopic (exact) mass is 276 g/mol. The molecule has 0 aliphatic carbocycles. The summed E-state index contributed by atoms with van der Waals surface area (Å²) < 4.78 is 0. The number of hydrogen-bond donors (Lipinski definition) is 3. The van der Waals surface area contributed by atoms with E-state index >= 15 is 0 Å². The Morgan fingerprint density at radius 2 is 2.21 bits per heavy atom. The smallest absolute Gasteiger partial charge is 0.267 e. The fourth-order valence-electron chi connectivity index (χ4n) is 1.57. The zero-order valence-electron chi connectivity index (χ0n) is 10.1. The van der Waals surface area contributed by atoms with E-state index in [1.54, 1.807) is 36.7 Å². The summed E-state index contributed by atoms with van der Waals surface area (Å²) in [6.45, 7) is 1.76. The number of amidine groups is 1. The number of thiazole rings is 1. The maximum atomic E-state index is 12.1. The molecule has 0 fully saturated rings. The lowest BCUT2D eigenvalue weighted by Gasteiger charge is -2.09. The summed E-state index contributed by atoms with van der Waals surface area (Å²) in [5.41, 5.74) is 8.78. The minimum absolute atomic E-state index is 0.0584. The van der Waals surface area contributed by atoms with Crippen molar-refractivity contribution in [3.05, 3.63) is 45.9 Å². The molecule has 19 heavy (non-hydrogen) atoms. The number of hydrogen-bond acceptors (Lipinski definition) is 5. The van der Waals surface area contributed by atoms with Gasteiger partial charge in [-0.3, -0.25) is 4.79 Å². The van der Waals surface area contributed by atoms with Crippen LogP contribution in [0.25, 0.3) is 0 Å². The van der Waals surface area contributed by atoms with Gasteiger partial charge in [0.2, 0.25) is 0 Å². The first kappa shape index (κ1) is 13.0. The molecule has 0 radical (unpaired) electrons. The van der Waals surface area contributed by atoms with Gasteiger partial charge in [-0.25, -0.2) is 4.98 Å². The summed E-state index contributed by atoms with van der Waals surface area (Å²) in [5, 5.41) is 14.4. The van der Waals surface area contributed by atoms with E-state index in [0.717, 1.165) is 0 Å². The number of amides is 1. The number of para-hydroxylation sites is 1. The van der Waals surface area contributed by atoms with Crippen molar-refractivity contribution in [2.75, 3.05) is 5.32 Å². The molecule has 0 bridgehead atoms. The second-order valence-corrected chi connectivity index (χ2v) is 4.61. The number of carbonyl (C=O) groups is 1. The van der Waals surface area contributed by atoms with Crippen LogP contribution in [-0.2, 0) is 0 Å². The molecular formula is C12H12N4O2S. The Hall–Kier alpha value is -2.41. The van der Waals surface area contributed by atoms with Crippen molar-refractivity contribution in [1.29, 1.82) is 0 Å². The highest BCUT2D eigenvalue weighted by Crippen LogP contribution is 2.18. The maximum Gasteiger partial charge on any atom is 0.267 e. The van der Waals surface area contributed by atoms with Crippen molar-refractivity contribution >= 4 is 28.8 Å². The summed E-state index contributed by atoms with van der Waals surface area (Å²) in [4.78, 5) is 16.6. The number of oxime groups is 1. The van der Waals surface area contributed by atoms with Crippen LogP contribution in [0, 0.1) is 6.92 Å². The van der Waals surface area contributed by atoms with Crippen LogP contribution in [-0.4, -0.2) is 21.9 Å². The van der Waals surface area contributed by atoms with Gasteiger partial charge in [-0.05, 0) is 19.1 Å². The summed E-state index contributed by atoms with van der Waals surface area (Å²) in [7, 11) is 0. The number of aromatic nitrogens is 1. The molecule has 0 aliphatic rings. The molecular weight excluding hydrogens is 264 g/mol. The molecule has 1 aromatic heterocycles. The molecule has 0 atom stereocenters. The lowest BCUT2D eigenvalue weighted by atomic mass is 10.1. The third-order valence-corrected chi connectivity index (χ3v) is 3.44. The highest BCUT2D eigenvalue weighted by Gasteiger charge is 2.14. The molecule has 0 aliphatic heterocycles. The third-order valence-electron chi connectivity index (χ3n) is 2.51. The van der Waals surface area contributed by atoms with Gasteiger partial charge in [0, 0.05) is 5.56 Å². The number of rotatable bonds is 3. The maximum absolute atomic E-state index is 12.1. The normalized spacial score (nSPS) is 11.3.